The monoisotopic (exact) mass is 371 g/mol. The number of anilines is 1. The van der Waals surface area contributed by atoms with Crippen molar-refractivity contribution in [1.82, 2.24) is 10.2 Å². The highest BCUT2D eigenvalue weighted by Crippen LogP contribution is 2.22. The minimum Gasteiger partial charge on any atom is -0.484 e. The van der Waals surface area contributed by atoms with E-state index in [0.717, 1.165) is 18.4 Å². The van der Waals surface area contributed by atoms with Gasteiger partial charge in [0, 0.05) is 22.7 Å². The maximum atomic E-state index is 11.9. The van der Waals surface area contributed by atoms with Gasteiger partial charge in [0.15, 0.2) is 6.61 Å². The van der Waals surface area contributed by atoms with E-state index in [4.69, 9.17) is 20.8 Å². The fourth-order valence-corrected chi connectivity index (χ4v) is 2.38. The minimum absolute atomic E-state index is 0.0941. The summed E-state index contributed by atoms with van der Waals surface area (Å²) in [7, 11) is 0. The van der Waals surface area contributed by atoms with E-state index >= 15 is 0 Å². The number of ether oxygens (including phenoxy) is 1. The van der Waals surface area contributed by atoms with Gasteiger partial charge in [0.25, 0.3) is 5.91 Å². The van der Waals surface area contributed by atoms with Crippen LogP contribution in [0.5, 0.6) is 5.75 Å². The van der Waals surface area contributed by atoms with Gasteiger partial charge in [-0.3, -0.25) is 4.79 Å². The van der Waals surface area contributed by atoms with Crippen LogP contribution in [-0.2, 0) is 11.2 Å². The molecule has 3 rings (SSSR count). The highest BCUT2D eigenvalue weighted by Gasteiger charge is 2.09. The molecule has 0 aliphatic rings. The number of hydrogen-bond acceptors (Lipinski definition) is 5. The Morgan fingerprint density at radius 2 is 1.85 bits per heavy atom. The predicted molar refractivity (Wildman–Crippen MR) is 99.3 cm³/mol. The predicted octanol–water partition coefficient (Wildman–Crippen LogP) is 4.36. The number of nitrogens with zero attached hydrogens (tertiary/aromatic N) is 2. The molecule has 0 fully saturated rings. The van der Waals surface area contributed by atoms with Crippen molar-refractivity contribution in [2.45, 2.75) is 19.8 Å². The quantitative estimate of drug-likeness (QED) is 0.667. The summed E-state index contributed by atoms with van der Waals surface area (Å²) >= 11 is 5.81. The Morgan fingerprint density at radius 3 is 2.54 bits per heavy atom. The number of aromatic nitrogens is 2. The molecule has 0 aliphatic heterocycles. The Bertz CT molecular complexity index is 860. The van der Waals surface area contributed by atoms with Crippen LogP contribution in [-0.4, -0.2) is 22.7 Å². The third-order valence-electron chi connectivity index (χ3n) is 3.53. The fourth-order valence-electron chi connectivity index (χ4n) is 2.26. The normalized spacial score (nSPS) is 10.5. The van der Waals surface area contributed by atoms with Gasteiger partial charge in [0.05, 0.1) is 0 Å². The van der Waals surface area contributed by atoms with Gasteiger partial charge in [-0.25, -0.2) is 0 Å². The molecule has 0 radical (unpaired) electrons. The first-order chi connectivity index (χ1) is 12.6. The van der Waals surface area contributed by atoms with Gasteiger partial charge in [-0.2, -0.15) is 0 Å². The molecular weight excluding hydrogens is 354 g/mol. The highest BCUT2D eigenvalue weighted by atomic mass is 35.5. The van der Waals surface area contributed by atoms with Crippen LogP contribution in [0.2, 0.25) is 5.02 Å². The Hall–Kier alpha value is -2.86. The molecule has 0 unspecified atom stereocenters. The number of carbonyl (C=O) groups is 1. The van der Waals surface area contributed by atoms with Crippen molar-refractivity contribution in [2.75, 3.05) is 11.9 Å². The van der Waals surface area contributed by atoms with E-state index in [9.17, 15) is 4.79 Å². The summed E-state index contributed by atoms with van der Waals surface area (Å²) < 4.78 is 11.1. The van der Waals surface area contributed by atoms with Crippen molar-refractivity contribution in [3.8, 4) is 17.2 Å². The van der Waals surface area contributed by atoms with Crippen LogP contribution in [0.1, 0.15) is 19.2 Å². The fraction of sp³-hybridized carbons (Fsp3) is 0.211. The van der Waals surface area contributed by atoms with Gasteiger partial charge in [-0.15, -0.1) is 10.2 Å². The molecule has 2 aromatic carbocycles. The zero-order chi connectivity index (χ0) is 18.4. The van der Waals surface area contributed by atoms with Gasteiger partial charge >= 0.3 is 0 Å². The highest BCUT2D eigenvalue weighted by molar-refractivity contribution is 6.30. The van der Waals surface area contributed by atoms with E-state index in [1.54, 1.807) is 36.4 Å². The average molecular weight is 372 g/mol. The zero-order valence-electron chi connectivity index (χ0n) is 14.2. The van der Waals surface area contributed by atoms with Crippen molar-refractivity contribution in [2.24, 2.45) is 0 Å². The molecule has 0 saturated heterocycles. The lowest BCUT2D eigenvalue weighted by atomic mass is 10.2. The van der Waals surface area contributed by atoms with Crippen LogP contribution < -0.4 is 10.1 Å². The van der Waals surface area contributed by atoms with E-state index in [1.807, 2.05) is 12.1 Å². The Kier molecular flexibility index (Phi) is 5.86. The smallest absolute Gasteiger partial charge is 0.262 e. The first-order valence-corrected chi connectivity index (χ1v) is 8.63. The molecule has 134 valence electrons. The van der Waals surface area contributed by atoms with Crippen LogP contribution in [0.15, 0.2) is 52.9 Å². The summed E-state index contributed by atoms with van der Waals surface area (Å²) in [6.07, 6.45) is 1.71. The van der Waals surface area contributed by atoms with Crippen LogP contribution >= 0.6 is 11.6 Å². The number of carbonyl (C=O) groups excluding carboxylic acids is 1. The summed E-state index contributed by atoms with van der Waals surface area (Å²) in [5.74, 6) is 1.42. The summed E-state index contributed by atoms with van der Waals surface area (Å²) in [4.78, 5) is 11.9. The van der Waals surface area contributed by atoms with Gasteiger partial charge in [0.2, 0.25) is 11.8 Å². The van der Waals surface area contributed by atoms with Crippen LogP contribution in [0.3, 0.4) is 0 Å². The van der Waals surface area contributed by atoms with Gasteiger partial charge in [-0.1, -0.05) is 18.5 Å². The van der Waals surface area contributed by atoms with Crippen molar-refractivity contribution in [3.05, 3.63) is 59.4 Å². The molecule has 7 heteroatoms. The molecule has 0 saturated carbocycles. The molecule has 26 heavy (non-hydrogen) atoms. The molecule has 1 amide bonds. The van der Waals surface area contributed by atoms with Crippen molar-refractivity contribution in [1.29, 1.82) is 0 Å². The van der Waals surface area contributed by atoms with Gasteiger partial charge < -0.3 is 14.5 Å². The van der Waals surface area contributed by atoms with Gasteiger partial charge in [0.1, 0.15) is 5.75 Å². The van der Waals surface area contributed by atoms with Crippen molar-refractivity contribution < 1.29 is 13.9 Å². The van der Waals surface area contributed by atoms with Crippen molar-refractivity contribution in [3.63, 3.8) is 0 Å². The second kappa shape index (κ2) is 8.49. The molecule has 0 spiro atoms. The maximum absolute atomic E-state index is 11.9. The van der Waals surface area contributed by atoms with E-state index < -0.39 is 0 Å². The Labute approximate surface area is 156 Å². The van der Waals surface area contributed by atoms with Crippen LogP contribution in [0.25, 0.3) is 11.5 Å². The third-order valence-corrected chi connectivity index (χ3v) is 3.78. The lowest BCUT2D eigenvalue weighted by molar-refractivity contribution is -0.118. The molecule has 1 aromatic heterocycles. The second-order valence-corrected chi connectivity index (χ2v) is 6.06. The average Bonchev–Trinajstić information content (AvgIpc) is 3.11. The van der Waals surface area contributed by atoms with Crippen LogP contribution in [0.4, 0.5) is 5.69 Å². The number of benzene rings is 2. The van der Waals surface area contributed by atoms with Crippen molar-refractivity contribution >= 4 is 23.2 Å². The topological polar surface area (TPSA) is 77.2 Å². The van der Waals surface area contributed by atoms with Gasteiger partial charge in [-0.05, 0) is 55.0 Å². The molecular formula is C19H18ClN3O3. The number of nitrogens with one attached hydrogen (secondary N) is 1. The number of aryl methyl sites for hydroxylation is 1. The van der Waals surface area contributed by atoms with E-state index in [2.05, 4.69) is 22.4 Å². The first-order valence-electron chi connectivity index (χ1n) is 8.25. The minimum atomic E-state index is -0.252. The molecule has 0 atom stereocenters. The zero-order valence-corrected chi connectivity index (χ0v) is 15.0. The third kappa shape index (κ3) is 4.83. The molecule has 3 aromatic rings. The Balaban J connectivity index is 1.53. The molecule has 0 bridgehead atoms. The Morgan fingerprint density at radius 1 is 1.12 bits per heavy atom. The summed E-state index contributed by atoms with van der Waals surface area (Å²) in [6.45, 7) is 1.96. The summed E-state index contributed by atoms with van der Waals surface area (Å²) in [5.41, 5.74) is 1.47. The number of rotatable bonds is 7. The summed E-state index contributed by atoms with van der Waals surface area (Å²) in [5, 5.41) is 11.4. The van der Waals surface area contributed by atoms with E-state index in [-0.39, 0.29) is 12.5 Å². The van der Waals surface area contributed by atoms with E-state index in [1.165, 1.54) is 0 Å². The molecule has 1 N–H and O–H groups in total. The number of hydrogen-bond donors (Lipinski definition) is 1. The lowest BCUT2D eigenvalue weighted by Gasteiger charge is -2.08. The maximum Gasteiger partial charge on any atom is 0.262 e. The second-order valence-electron chi connectivity index (χ2n) is 5.62. The molecule has 6 nitrogen and oxygen atoms in total. The SMILES string of the molecule is CCCc1nnc(-c2ccc(OCC(=O)Nc3ccc(Cl)cc3)cc2)o1. The first kappa shape index (κ1) is 17.9. The summed E-state index contributed by atoms with van der Waals surface area (Å²) in [6, 6.07) is 14.0. The van der Waals surface area contributed by atoms with E-state index in [0.29, 0.717) is 28.2 Å². The largest absolute Gasteiger partial charge is 0.484 e. The number of halogens is 1. The lowest BCUT2D eigenvalue weighted by Crippen LogP contribution is -2.20. The van der Waals surface area contributed by atoms with Crippen LogP contribution in [0, 0.1) is 0 Å². The molecule has 0 aliphatic carbocycles. The number of amides is 1. The molecule has 1 heterocycles. The standard InChI is InChI=1S/C19H18ClN3O3/c1-2-3-18-22-23-19(26-18)13-4-10-16(11-5-13)25-12-17(24)21-15-8-6-14(20)7-9-15/h4-11H,2-3,12H2,1H3,(H,21,24).